The SMILES string of the molecule is COc1cc([C@@H]2[C@@H]3CCCC[C@@]3(O)CCN2CCC(N)=O)cc(OC)c1OC. The second-order valence-electron chi connectivity index (χ2n) is 7.86. The van der Waals surface area contributed by atoms with E-state index < -0.39 is 5.60 Å². The Balaban J connectivity index is 2.05. The largest absolute Gasteiger partial charge is 0.493 e. The van der Waals surface area contributed by atoms with Crippen molar-refractivity contribution in [1.82, 2.24) is 4.90 Å². The van der Waals surface area contributed by atoms with Crippen LogP contribution in [0.2, 0.25) is 0 Å². The number of carbonyl (C=O) groups excluding carboxylic acids is 1. The van der Waals surface area contributed by atoms with E-state index in [0.717, 1.165) is 44.2 Å². The summed E-state index contributed by atoms with van der Waals surface area (Å²) in [6.45, 7) is 1.30. The van der Waals surface area contributed by atoms with Gasteiger partial charge in [-0.05, 0) is 37.0 Å². The lowest BCUT2D eigenvalue weighted by Gasteiger charge is -2.52. The molecule has 3 rings (SSSR count). The summed E-state index contributed by atoms with van der Waals surface area (Å²) in [6, 6.07) is 3.89. The maximum Gasteiger partial charge on any atom is 0.218 e. The van der Waals surface area contributed by atoms with Crippen LogP contribution in [0, 0.1) is 5.92 Å². The summed E-state index contributed by atoms with van der Waals surface area (Å²) < 4.78 is 16.5. The zero-order chi connectivity index (χ0) is 20.3. The number of hydrogen-bond donors (Lipinski definition) is 2. The van der Waals surface area contributed by atoms with Crippen LogP contribution in [0.15, 0.2) is 12.1 Å². The van der Waals surface area contributed by atoms with E-state index in [1.165, 1.54) is 0 Å². The van der Waals surface area contributed by atoms with Gasteiger partial charge in [0.05, 0.1) is 26.9 Å². The number of aliphatic hydroxyl groups is 1. The van der Waals surface area contributed by atoms with Crippen molar-refractivity contribution in [3.8, 4) is 17.2 Å². The smallest absolute Gasteiger partial charge is 0.218 e. The Morgan fingerprint density at radius 2 is 1.86 bits per heavy atom. The van der Waals surface area contributed by atoms with E-state index >= 15 is 0 Å². The quantitative estimate of drug-likeness (QED) is 0.739. The van der Waals surface area contributed by atoms with E-state index in [1.807, 2.05) is 12.1 Å². The molecule has 1 amide bonds. The van der Waals surface area contributed by atoms with Gasteiger partial charge in [0.25, 0.3) is 0 Å². The van der Waals surface area contributed by atoms with E-state index in [0.29, 0.717) is 30.2 Å². The number of hydrogen-bond acceptors (Lipinski definition) is 6. The normalized spacial score (nSPS) is 27.7. The molecule has 7 heteroatoms. The molecule has 7 nitrogen and oxygen atoms in total. The third-order valence-electron chi connectivity index (χ3n) is 6.35. The van der Waals surface area contributed by atoms with Gasteiger partial charge in [-0.3, -0.25) is 9.69 Å². The lowest BCUT2D eigenvalue weighted by molar-refractivity contribution is -0.128. The molecule has 0 spiro atoms. The number of primary amides is 1. The Bertz CT molecular complexity index is 685. The molecular weight excluding hydrogens is 360 g/mol. The van der Waals surface area contributed by atoms with Crippen LogP contribution in [0.4, 0.5) is 0 Å². The molecule has 1 aromatic carbocycles. The van der Waals surface area contributed by atoms with E-state index in [1.54, 1.807) is 21.3 Å². The summed E-state index contributed by atoms with van der Waals surface area (Å²) >= 11 is 0. The van der Waals surface area contributed by atoms with Gasteiger partial charge in [0.1, 0.15) is 0 Å². The first kappa shape index (κ1) is 20.7. The first-order valence-corrected chi connectivity index (χ1v) is 9.98. The highest BCUT2D eigenvalue weighted by Crippen LogP contribution is 2.51. The molecule has 3 atom stereocenters. The molecule has 2 fully saturated rings. The topological polar surface area (TPSA) is 94.2 Å². The third kappa shape index (κ3) is 3.91. The minimum Gasteiger partial charge on any atom is -0.493 e. The van der Waals surface area contributed by atoms with Crippen LogP contribution in [0.3, 0.4) is 0 Å². The molecule has 1 saturated carbocycles. The van der Waals surface area contributed by atoms with Gasteiger partial charge >= 0.3 is 0 Å². The average Bonchev–Trinajstić information content (AvgIpc) is 2.70. The number of nitrogens with two attached hydrogens (primary N) is 1. The molecule has 28 heavy (non-hydrogen) atoms. The van der Waals surface area contributed by atoms with Gasteiger partial charge in [-0.25, -0.2) is 0 Å². The van der Waals surface area contributed by atoms with Gasteiger partial charge < -0.3 is 25.1 Å². The van der Waals surface area contributed by atoms with Crippen molar-refractivity contribution >= 4 is 5.91 Å². The minimum atomic E-state index is -0.674. The van der Waals surface area contributed by atoms with Gasteiger partial charge in [-0.2, -0.15) is 0 Å². The number of carbonyl (C=O) groups is 1. The summed E-state index contributed by atoms with van der Waals surface area (Å²) in [4.78, 5) is 13.7. The van der Waals surface area contributed by atoms with Gasteiger partial charge in [-0.1, -0.05) is 12.8 Å². The zero-order valence-electron chi connectivity index (χ0n) is 17.1. The summed E-state index contributed by atoms with van der Waals surface area (Å²) in [5.74, 6) is 1.51. The second-order valence-corrected chi connectivity index (χ2v) is 7.86. The number of methoxy groups -OCH3 is 3. The zero-order valence-corrected chi connectivity index (χ0v) is 17.1. The highest BCUT2D eigenvalue weighted by molar-refractivity contribution is 5.73. The van der Waals surface area contributed by atoms with Crippen LogP contribution in [-0.2, 0) is 4.79 Å². The van der Waals surface area contributed by atoms with Gasteiger partial charge in [0.15, 0.2) is 11.5 Å². The molecule has 156 valence electrons. The Morgan fingerprint density at radius 3 is 2.43 bits per heavy atom. The van der Waals surface area contributed by atoms with Crippen molar-refractivity contribution in [2.24, 2.45) is 11.7 Å². The summed E-state index contributed by atoms with van der Waals surface area (Å²) in [6.07, 6.45) is 4.93. The molecular formula is C21H32N2O5. The van der Waals surface area contributed by atoms with Gasteiger partial charge in [-0.15, -0.1) is 0 Å². The molecule has 3 N–H and O–H groups in total. The Labute approximate surface area is 166 Å². The lowest BCUT2D eigenvalue weighted by Crippen LogP contribution is -2.55. The average molecular weight is 392 g/mol. The molecule has 1 saturated heterocycles. The molecule has 2 aliphatic rings. The molecule has 1 aromatic rings. The maximum atomic E-state index is 11.4. The van der Waals surface area contributed by atoms with Crippen LogP contribution < -0.4 is 19.9 Å². The maximum absolute atomic E-state index is 11.4. The van der Waals surface area contributed by atoms with Crippen LogP contribution in [0.1, 0.15) is 50.1 Å². The van der Waals surface area contributed by atoms with E-state index in [2.05, 4.69) is 4.90 Å². The van der Waals surface area contributed by atoms with Crippen molar-refractivity contribution in [2.45, 2.75) is 50.2 Å². The first-order chi connectivity index (χ1) is 13.4. The predicted octanol–water partition coefficient (Wildman–Crippen LogP) is 2.26. The molecule has 0 radical (unpaired) electrons. The fourth-order valence-corrected chi connectivity index (χ4v) is 4.96. The van der Waals surface area contributed by atoms with Crippen molar-refractivity contribution in [1.29, 1.82) is 0 Å². The Morgan fingerprint density at radius 1 is 1.18 bits per heavy atom. The standard InChI is InChI=1S/C21H32N2O5/c1-26-16-12-14(13-17(27-2)20(16)28-3)19-15-6-4-5-8-21(15,25)9-11-23(19)10-7-18(22)24/h12-13,15,19,25H,4-11H2,1-3H3,(H2,22,24)/t15-,19+,21+/m0/s1. The van der Waals surface area contributed by atoms with Crippen LogP contribution >= 0.6 is 0 Å². The molecule has 0 bridgehead atoms. The summed E-state index contributed by atoms with van der Waals surface area (Å²) in [5, 5.41) is 11.4. The van der Waals surface area contributed by atoms with Gasteiger partial charge in [0, 0.05) is 31.5 Å². The van der Waals surface area contributed by atoms with Crippen molar-refractivity contribution in [3.63, 3.8) is 0 Å². The predicted molar refractivity (Wildman–Crippen MR) is 106 cm³/mol. The van der Waals surface area contributed by atoms with Crippen molar-refractivity contribution < 1.29 is 24.1 Å². The molecule has 1 aliphatic carbocycles. The Kier molecular flexibility index (Phi) is 6.35. The first-order valence-electron chi connectivity index (χ1n) is 9.98. The van der Waals surface area contributed by atoms with Crippen LogP contribution in [0.25, 0.3) is 0 Å². The number of amides is 1. The minimum absolute atomic E-state index is 0.0351. The van der Waals surface area contributed by atoms with Crippen molar-refractivity contribution in [3.05, 3.63) is 17.7 Å². The highest BCUT2D eigenvalue weighted by atomic mass is 16.5. The number of rotatable bonds is 7. The summed E-state index contributed by atoms with van der Waals surface area (Å²) in [5.41, 5.74) is 5.74. The molecule has 1 heterocycles. The lowest BCUT2D eigenvalue weighted by atomic mass is 9.66. The molecule has 0 unspecified atom stereocenters. The number of nitrogens with zero attached hydrogens (tertiary/aromatic N) is 1. The molecule has 0 aromatic heterocycles. The monoisotopic (exact) mass is 392 g/mol. The number of benzene rings is 1. The number of piperidine rings is 1. The number of likely N-dealkylation sites (tertiary alicyclic amines) is 1. The van der Waals surface area contributed by atoms with Crippen LogP contribution in [0.5, 0.6) is 17.2 Å². The number of fused-ring (bicyclic) bond motifs is 1. The fourth-order valence-electron chi connectivity index (χ4n) is 4.96. The summed E-state index contributed by atoms with van der Waals surface area (Å²) in [7, 11) is 4.78. The number of ether oxygens (including phenoxy) is 3. The van der Waals surface area contributed by atoms with Gasteiger partial charge in [0.2, 0.25) is 11.7 Å². The third-order valence-corrected chi connectivity index (χ3v) is 6.35. The van der Waals surface area contributed by atoms with E-state index in [-0.39, 0.29) is 17.9 Å². The van der Waals surface area contributed by atoms with E-state index in [4.69, 9.17) is 19.9 Å². The fraction of sp³-hybridized carbons (Fsp3) is 0.667. The second kappa shape index (κ2) is 8.57. The highest BCUT2D eigenvalue weighted by Gasteiger charge is 2.49. The van der Waals surface area contributed by atoms with Crippen LogP contribution in [-0.4, -0.2) is 55.9 Å². The Hall–Kier alpha value is -1.99. The molecule has 1 aliphatic heterocycles. The van der Waals surface area contributed by atoms with Crippen molar-refractivity contribution in [2.75, 3.05) is 34.4 Å². The van der Waals surface area contributed by atoms with E-state index in [9.17, 15) is 9.90 Å².